The van der Waals surface area contributed by atoms with E-state index in [1.165, 1.54) is 6.07 Å². The van der Waals surface area contributed by atoms with Gasteiger partial charge < -0.3 is 10.2 Å². The Bertz CT molecular complexity index is 434. The Balaban J connectivity index is 2.15. The zero-order valence-electron chi connectivity index (χ0n) is 9.61. The first-order valence-electron chi connectivity index (χ1n) is 5.68. The summed E-state index contributed by atoms with van der Waals surface area (Å²) in [5.74, 6) is 0.107. The predicted octanol–water partition coefficient (Wildman–Crippen LogP) is 1.67. The fourth-order valence-corrected chi connectivity index (χ4v) is 2.23. The van der Waals surface area contributed by atoms with Gasteiger partial charge in [-0.05, 0) is 30.0 Å². The highest BCUT2D eigenvalue weighted by Gasteiger charge is 2.42. The SMILES string of the molecule is Oc1cccc2c1CCN(C(O)C(F)(F)F)CC2. The van der Waals surface area contributed by atoms with Gasteiger partial charge in [-0.25, -0.2) is 0 Å². The maximum absolute atomic E-state index is 12.4. The van der Waals surface area contributed by atoms with Crippen LogP contribution in [-0.2, 0) is 12.8 Å². The molecule has 1 aromatic rings. The van der Waals surface area contributed by atoms with Gasteiger partial charge in [0.25, 0.3) is 0 Å². The van der Waals surface area contributed by atoms with Crippen LogP contribution in [-0.4, -0.2) is 40.6 Å². The molecule has 0 radical (unpaired) electrons. The Morgan fingerprint density at radius 3 is 2.50 bits per heavy atom. The van der Waals surface area contributed by atoms with Crippen LogP contribution < -0.4 is 0 Å². The zero-order chi connectivity index (χ0) is 13.3. The van der Waals surface area contributed by atoms with Gasteiger partial charge in [0.15, 0.2) is 0 Å². The number of fused-ring (bicyclic) bond motifs is 1. The molecule has 0 fully saturated rings. The standard InChI is InChI=1S/C12H14F3NO2/c13-12(14,15)11(18)16-6-4-8-2-1-3-10(17)9(8)5-7-16/h1-3,11,17-18H,4-7H2. The average molecular weight is 261 g/mol. The van der Waals surface area contributed by atoms with Crippen LogP contribution in [0.3, 0.4) is 0 Å². The van der Waals surface area contributed by atoms with Crippen LogP contribution >= 0.6 is 0 Å². The number of alkyl halides is 3. The maximum Gasteiger partial charge on any atom is 0.428 e. The molecule has 18 heavy (non-hydrogen) atoms. The number of halogens is 3. The number of phenols is 1. The number of aliphatic hydroxyl groups excluding tert-OH is 1. The second-order valence-electron chi connectivity index (χ2n) is 4.37. The predicted molar refractivity (Wildman–Crippen MR) is 59.1 cm³/mol. The summed E-state index contributed by atoms with van der Waals surface area (Å²) in [6.07, 6.45) is -6.39. The molecule has 1 aliphatic heterocycles. The van der Waals surface area contributed by atoms with Crippen molar-refractivity contribution in [1.29, 1.82) is 0 Å². The van der Waals surface area contributed by atoms with Crippen molar-refractivity contribution in [1.82, 2.24) is 4.90 Å². The van der Waals surface area contributed by atoms with Gasteiger partial charge in [0, 0.05) is 13.1 Å². The average Bonchev–Trinajstić information content (AvgIpc) is 2.50. The van der Waals surface area contributed by atoms with E-state index in [1.54, 1.807) is 12.1 Å². The number of aliphatic hydroxyl groups is 1. The molecule has 1 aromatic carbocycles. The van der Waals surface area contributed by atoms with Crippen LogP contribution in [0.4, 0.5) is 13.2 Å². The van der Waals surface area contributed by atoms with E-state index in [9.17, 15) is 23.4 Å². The molecule has 0 aliphatic carbocycles. The lowest BCUT2D eigenvalue weighted by Gasteiger charge is -2.27. The molecule has 2 N–H and O–H groups in total. The molecule has 0 amide bonds. The quantitative estimate of drug-likeness (QED) is 0.808. The summed E-state index contributed by atoms with van der Waals surface area (Å²) in [6, 6.07) is 4.98. The van der Waals surface area contributed by atoms with E-state index in [2.05, 4.69) is 0 Å². The summed E-state index contributed by atoms with van der Waals surface area (Å²) >= 11 is 0. The summed E-state index contributed by atoms with van der Waals surface area (Å²) in [7, 11) is 0. The van der Waals surface area contributed by atoms with E-state index in [0.717, 1.165) is 10.5 Å². The summed E-state index contributed by atoms with van der Waals surface area (Å²) in [4.78, 5) is 0.986. The van der Waals surface area contributed by atoms with E-state index in [4.69, 9.17) is 0 Å². The number of hydrogen-bond acceptors (Lipinski definition) is 3. The van der Waals surface area contributed by atoms with Gasteiger partial charge >= 0.3 is 6.18 Å². The molecule has 2 rings (SSSR count). The number of nitrogens with zero attached hydrogens (tertiary/aromatic N) is 1. The smallest absolute Gasteiger partial charge is 0.428 e. The van der Waals surface area contributed by atoms with Crippen LogP contribution in [0.5, 0.6) is 5.75 Å². The molecule has 0 bridgehead atoms. The lowest BCUT2D eigenvalue weighted by atomic mass is 10.0. The van der Waals surface area contributed by atoms with Crippen molar-refractivity contribution in [3.8, 4) is 5.75 Å². The summed E-state index contributed by atoms with van der Waals surface area (Å²) in [5.41, 5.74) is 1.52. The van der Waals surface area contributed by atoms with Gasteiger partial charge in [0.1, 0.15) is 5.75 Å². The molecule has 0 saturated carbocycles. The molecule has 1 aliphatic rings. The molecule has 0 aromatic heterocycles. The molecule has 3 nitrogen and oxygen atoms in total. The third-order valence-corrected chi connectivity index (χ3v) is 3.20. The largest absolute Gasteiger partial charge is 0.508 e. The first kappa shape index (κ1) is 13.2. The number of phenolic OH excluding ortho intramolecular Hbond substituents is 1. The monoisotopic (exact) mass is 261 g/mol. The molecule has 1 atom stereocenters. The molecule has 0 spiro atoms. The van der Waals surface area contributed by atoms with E-state index in [-0.39, 0.29) is 18.8 Å². The van der Waals surface area contributed by atoms with Crippen molar-refractivity contribution < 1.29 is 23.4 Å². The highest BCUT2D eigenvalue weighted by molar-refractivity contribution is 5.40. The van der Waals surface area contributed by atoms with Crippen LogP contribution in [0.1, 0.15) is 11.1 Å². The molecule has 0 saturated heterocycles. The van der Waals surface area contributed by atoms with E-state index in [0.29, 0.717) is 18.4 Å². The third kappa shape index (κ3) is 2.59. The third-order valence-electron chi connectivity index (χ3n) is 3.20. The number of hydrogen-bond donors (Lipinski definition) is 2. The Morgan fingerprint density at radius 1 is 1.17 bits per heavy atom. The van der Waals surface area contributed by atoms with E-state index >= 15 is 0 Å². The molecular weight excluding hydrogens is 247 g/mol. The Kier molecular flexibility index (Phi) is 3.49. The van der Waals surface area contributed by atoms with Crippen LogP contribution in [0.2, 0.25) is 0 Å². The molecular formula is C12H14F3NO2. The van der Waals surface area contributed by atoms with Gasteiger partial charge in [-0.15, -0.1) is 0 Å². The highest BCUT2D eigenvalue weighted by Crippen LogP contribution is 2.28. The summed E-state index contributed by atoms with van der Waals surface area (Å²) in [6.45, 7) is 0.197. The minimum atomic E-state index is -4.64. The molecule has 1 heterocycles. The molecule has 6 heteroatoms. The zero-order valence-corrected chi connectivity index (χ0v) is 9.61. The van der Waals surface area contributed by atoms with Crippen molar-refractivity contribution in [3.63, 3.8) is 0 Å². The Hall–Kier alpha value is -1.27. The lowest BCUT2D eigenvalue weighted by molar-refractivity contribution is -0.249. The van der Waals surface area contributed by atoms with E-state index in [1.807, 2.05) is 0 Å². The number of rotatable bonds is 1. The van der Waals surface area contributed by atoms with Gasteiger partial charge in [-0.1, -0.05) is 12.1 Å². The van der Waals surface area contributed by atoms with Crippen molar-refractivity contribution in [3.05, 3.63) is 29.3 Å². The fourth-order valence-electron chi connectivity index (χ4n) is 2.23. The number of aromatic hydroxyl groups is 1. The van der Waals surface area contributed by atoms with Gasteiger partial charge in [-0.2, -0.15) is 13.2 Å². The topological polar surface area (TPSA) is 43.7 Å². The lowest BCUT2D eigenvalue weighted by Crippen LogP contribution is -2.46. The Morgan fingerprint density at radius 2 is 1.83 bits per heavy atom. The van der Waals surface area contributed by atoms with Gasteiger partial charge in [-0.3, -0.25) is 4.90 Å². The normalized spacial score (nSPS) is 19.1. The van der Waals surface area contributed by atoms with Crippen molar-refractivity contribution in [2.75, 3.05) is 13.1 Å². The van der Waals surface area contributed by atoms with Crippen molar-refractivity contribution in [2.45, 2.75) is 25.2 Å². The van der Waals surface area contributed by atoms with E-state index < -0.39 is 12.4 Å². The first-order chi connectivity index (χ1) is 8.39. The van der Waals surface area contributed by atoms with Crippen LogP contribution in [0.25, 0.3) is 0 Å². The van der Waals surface area contributed by atoms with Gasteiger partial charge in [0.05, 0.1) is 0 Å². The minimum absolute atomic E-state index is 0.0747. The molecule has 100 valence electrons. The van der Waals surface area contributed by atoms with Crippen LogP contribution in [0.15, 0.2) is 18.2 Å². The first-order valence-corrected chi connectivity index (χ1v) is 5.68. The minimum Gasteiger partial charge on any atom is -0.508 e. The van der Waals surface area contributed by atoms with Crippen molar-refractivity contribution >= 4 is 0 Å². The summed E-state index contributed by atoms with van der Waals surface area (Å²) in [5, 5.41) is 18.9. The summed E-state index contributed by atoms with van der Waals surface area (Å²) < 4.78 is 37.3. The highest BCUT2D eigenvalue weighted by atomic mass is 19.4. The Labute approximate surface area is 102 Å². The second kappa shape index (κ2) is 4.78. The second-order valence-corrected chi connectivity index (χ2v) is 4.37. The van der Waals surface area contributed by atoms with Crippen molar-refractivity contribution in [2.24, 2.45) is 0 Å². The van der Waals surface area contributed by atoms with Crippen LogP contribution in [0, 0.1) is 0 Å². The number of benzene rings is 1. The fraction of sp³-hybridized carbons (Fsp3) is 0.500. The maximum atomic E-state index is 12.4. The molecule has 1 unspecified atom stereocenters. The van der Waals surface area contributed by atoms with Gasteiger partial charge in [0.2, 0.25) is 6.23 Å².